The fourth-order valence-corrected chi connectivity index (χ4v) is 3.92. The summed E-state index contributed by atoms with van der Waals surface area (Å²) in [5.41, 5.74) is 2.83. The average Bonchev–Trinajstić information content (AvgIpc) is 3.53. The number of nitrogens with one attached hydrogen (secondary N) is 1. The zero-order valence-electron chi connectivity index (χ0n) is 16.9. The lowest BCUT2D eigenvalue weighted by molar-refractivity contribution is 0.0953. The number of amides is 1. The van der Waals surface area contributed by atoms with Crippen molar-refractivity contribution in [1.29, 1.82) is 0 Å². The molecule has 0 bridgehead atoms. The molecule has 1 N–H and O–H groups in total. The lowest BCUT2D eigenvalue weighted by Crippen LogP contribution is -2.24. The minimum Gasteiger partial charge on any atom is -0.352 e. The summed E-state index contributed by atoms with van der Waals surface area (Å²) in [6, 6.07) is 13.7. The van der Waals surface area contributed by atoms with Crippen LogP contribution in [-0.2, 0) is 6.42 Å². The maximum atomic E-state index is 12.5. The first-order chi connectivity index (χ1) is 14.7. The second-order valence-corrected chi connectivity index (χ2v) is 8.09. The molecule has 3 heterocycles. The first kappa shape index (κ1) is 20.1. The van der Waals surface area contributed by atoms with E-state index in [0.29, 0.717) is 23.8 Å². The number of benzene rings is 1. The molecule has 0 unspecified atom stereocenters. The molecule has 1 aromatic carbocycles. The van der Waals surface area contributed by atoms with Crippen LogP contribution in [0, 0.1) is 6.92 Å². The summed E-state index contributed by atoms with van der Waals surface area (Å²) < 4.78 is 7.34. The molecule has 4 aromatic rings. The average molecular weight is 421 g/mol. The van der Waals surface area contributed by atoms with Gasteiger partial charge in [-0.1, -0.05) is 23.7 Å². The Labute approximate surface area is 179 Å². The predicted molar refractivity (Wildman–Crippen MR) is 118 cm³/mol. The summed E-state index contributed by atoms with van der Waals surface area (Å²) in [5, 5.41) is 9.04. The van der Waals surface area contributed by atoms with Crippen molar-refractivity contribution >= 4 is 17.2 Å². The van der Waals surface area contributed by atoms with E-state index >= 15 is 0 Å². The molecule has 154 valence electrons. The molecule has 0 aliphatic carbocycles. The van der Waals surface area contributed by atoms with Crippen LogP contribution in [-0.4, -0.2) is 27.2 Å². The van der Waals surface area contributed by atoms with E-state index in [-0.39, 0.29) is 5.91 Å². The van der Waals surface area contributed by atoms with E-state index in [4.69, 9.17) is 4.52 Å². The largest absolute Gasteiger partial charge is 0.352 e. The summed E-state index contributed by atoms with van der Waals surface area (Å²) in [4.78, 5) is 17.9. The normalized spacial score (nSPS) is 11.0. The van der Waals surface area contributed by atoms with Crippen LogP contribution >= 0.6 is 11.3 Å². The minimum absolute atomic E-state index is 0.0408. The van der Waals surface area contributed by atoms with Gasteiger partial charge in [-0.25, -0.2) is 0 Å². The molecule has 0 atom stereocenters. The van der Waals surface area contributed by atoms with Crippen LogP contribution in [0.2, 0.25) is 0 Å². The molecule has 0 saturated carbocycles. The second-order valence-electron chi connectivity index (χ2n) is 7.15. The maximum Gasteiger partial charge on any atom is 0.251 e. The maximum absolute atomic E-state index is 12.5. The fraction of sp³-hybridized carbons (Fsp3) is 0.261. The predicted octanol–water partition coefficient (Wildman–Crippen LogP) is 5.04. The number of rotatable bonds is 9. The molecule has 1 amide bonds. The minimum atomic E-state index is -0.0408. The number of thiophene rings is 1. The van der Waals surface area contributed by atoms with E-state index in [1.807, 2.05) is 71.7 Å². The molecule has 0 aliphatic rings. The van der Waals surface area contributed by atoms with Crippen molar-refractivity contribution in [3.8, 4) is 16.4 Å². The smallest absolute Gasteiger partial charge is 0.251 e. The molecule has 4 rings (SSSR count). The standard InChI is InChI=1S/C23H24N4O2S/c1-17-10-11-18(16-19(17)27-13-5-6-14-27)23(28)24-12-4-2-3-9-21-25-22(26-29-21)20-8-7-15-30-20/h5-8,10-11,13-16H,2-4,9,12H2,1H3,(H,24,28). The highest BCUT2D eigenvalue weighted by atomic mass is 32.1. The highest BCUT2D eigenvalue weighted by Crippen LogP contribution is 2.21. The Bertz CT molecular complexity index is 1080. The SMILES string of the molecule is Cc1ccc(C(=O)NCCCCCc2nc(-c3cccs3)no2)cc1-n1cccc1. The van der Waals surface area contributed by atoms with Gasteiger partial charge in [0, 0.05) is 36.6 Å². The highest BCUT2D eigenvalue weighted by Gasteiger charge is 2.10. The second kappa shape index (κ2) is 9.54. The Morgan fingerprint density at radius 2 is 2.00 bits per heavy atom. The lowest BCUT2D eigenvalue weighted by Gasteiger charge is -2.10. The topological polar surface area (TPSA) is 73.0 Å². The van der Waals surface area contributed by atoms with E-state index in [1.165, 1.54) is 0 Å². The molecule has 6 nitrogen and oxygen atoms in total. The van der Waals surface area contributed by atoms with Gasteiger partial charge in [-0.2, -0.15) is 4.98 Å². The molecule has 0 radical (unpaired) electrons. The summed E-state index contributed by atoms with van der Waals surface area (Å²) in [6.07, 6.45) is 7.57. The van der Waals surface area contributed by atoms with Crippen molar-refractivity contribution in [3.05, 3.63) is 77.3 Å². The number of aromatic nitrogens is 3. The zero-order chi connectivity index (χ0) is 20.8. The van der Waals surface area contributed by atoms with Crippen LogP contribution < -0.4 is 5.32 Å². The van der Waals surface area contributed by atoms with Gasteiger partial charge < -0.3 is 14.4 Å². The lowest BCUT2D eigenvalue weighted by atomic mass is 10.1. The van der Waals surface area contributed by atoms with Crippen LogP contribution in [0.15, 0.2) is 64.8 Å². The van der Waals surface area contributed by atoms with Gasteiger partial charge >= 0.3 is 0 Å². The van der Waals surface area contributed by atoms with Gasteiger partial charge in [-0.3, -0.25) is 4.79 Å². The van der Waals surface area contributed by atoms with Crippen molar-refractivity contribution in [2.45, 2.75) is 32.6 Å². The first-order valence-electron chi connectivity index (χ1n) is 10.1. The van der Waals surface area contributed by atoms with Crippen LogP contribution in [0.5, 0.6) is 0 Å². The van der Waals surface area contributed by atoms with Gasteiger partial charge in [-0.05, 0) is 61.0 Å². The van der Waals surface area contributed by atoms with Gasteiger partial charge in [0.05, 0.1) is 4.88 Å². The van der Waals surface area contributed by atoms with E-state index < -0.39 is 0 Å². The van der Waals surface area contributed by atoms with Crippen molar-refractivity contribution in [1.82, 2.24) is 20.0 Å². The van der Waals surface area contributed by atoms with Crippen LogP contribution in [0.25, 0.3) is 16.4 Å². The van der Waals surface area contributed by atoms with Crippen molar-refractivity contribution in [2.24, 2.45) is 0 Å². The van der Waals surface area contributed by atoms with Gasteiger partial charge in [-0.15, -0.1) is 11.3 Å². The summed E-state index contributed by atoms with van der Waals surface area (Å²) in [7, 11) is 0. The van der Waals surface area contributed by atoms with Crippen molar-refractivity contribution in [3.63, 3.8) is 0 Å². The van der Waals surface area contributed by atoms with E-state index in [9.17, 15) is 4.79 Å². The molecule has 30 heavy (non-hydrogen) atoms. The van der Waals surface area contributed by atoms with Crippen molar-refractivity contribution < 1.29 is 9.32 Å². The third-order valence-electron chi connectivity index (χ3n) is 4.92. The Morgan fingerprint density at radius 1 is 1.13 bits per heavy atom. The Hall–Kier alpha value is -3.19. The molecule has 3 aromatic heterocycles. The van der Waals surface area contributed by atoms with Gasteiger partial charge in [0.1, 0.15) is 0 Å². The molecule has 7 heteroatoms. The third-order valence-corrected chi connectivity index (χ3v) is 5.78. The Kier molecular flexibility index (Phi) is 6.39. The van der Waals surface area contributed by atoms with Crippen molar-refractivity contribution in [2.75, 3.05) is 6.54 Å². The summed E-state index contributed by atoms with van der Waals surface area (Å²) in [5.74, 6) is 1.28. The van der Waals surface area contributed by atoms with Gasteiger partial charge in [0.15, 0.2) is 0 Å². The van der Waals surface area contributed by atoms with E-state index in [1.54, 1.807) is 11.3 Å². The summed E-state index contributed by atoms with van der Waals surface area (Å²) >= 11 is 1.60. The zero-order valence-corrected chi connectivity index (χ0v) is 17.7. The molecular formula is C23H24N4O2S. The third kappa shape index (κ3) is 4.86. The summed E-state index contributed by atoms with van der Waals surface area (Å²) in [6.45, 7) is 2.69. The van der Waals surface area contributed by atoms with Crippen LogP contribution in [0.1, 0.15) is 41.1 Å². The quantitative estimate of drug-likeness (QED) is 0.385. The Balaban J connectivity index is 1.20. The first-order valence-corrected chi connectivity index (χ1v) is 11.0. The highest BCUT2D eigenvalue weighted by molar-refractivity contribution is 7.13. The number of hydrogen-bond donors (Lipinski definition) is 1. The number of nitrogens with zero attached hydrogens (tertiary/aromatic N) is 3. The van der Waals surface area contributed by atoms with Gasteiger partial charge in [0.25, 0.3) is 5.91 Å². The number of unbranched alkanes of at least 4 members (excludes halogenated alkanes) is 2. The molecule has 0 fully saturated rings. The molecular weight excluding hydrogens is 396 g/mol. The fourth-order valence-electron chi connectivity index (χ4n) is 3.27. The van der Waals surface area contributed by atoms with Crippen LogP contribution in [0.3, 0.4) is 0 Å². The Morgan fingerprint density at radius 3 is 2.80 bits per heavy atom. The molecule has 0 aliphatic heterocycles. The van der Waals surface area contributed by atoms with Crippen LogP contribution in [0.4, 0.5) is 0 Å². The molecule has 0 saturated heterocycles. The molecule has 0 spiro atoms. The number of aryl methyl sites for hydroxylation is 2. The van der Waals surface area contributed by atoms with E-state index in [2.05, 4.69) is 15.5 Å². The number of carbonyl (C=O) groups is 1. The number of hydrogen-bond acceptors (Lipinski definition) is 5. The van der Waals surface area contributed by atoms with E-state index in [0.717, 1.165) is 41.8 Å². The number of carbonyl (C=O) groups excluding carboxylic acids is 1. The van der Waals surface area contributed by atoms with Gasteiger partial charge in [0.2, 0.25) is 11.7 Å². The monoisotopic (exact) mass is 420 g/mol.